The van der Waals surface area contributed by atoms with Gasteiger partial charge in [-0.05, 0) is 25.5 Å². The molecule has 0 radical (unpaired) electrons. The van der Waals surface area contributed by atoms with Crippen molar-refractivity contribution in [3.05, 3.63) is 35.9 Å². The van der Waals surface area contributed by atoms with Gasteiger partial charge in [0.25, 0.3) is 5.91 Å². The van der Waals surface area contributed by atoms with Crippen molar-refractivity contribution in [1.29, 1.82) is 0 Å². The van der Waals surface area contributed by atoms with Crippen LogP contribution in [0.15, 0.2) is 30.4 Å². The normalized spacial score (nSPS) is 10.6. The van der Waals surface area contributed by atoms with E-state index in [9.17, 15) is 15.0 Å². The number of benzene rings is 1. The number of aromatic hydroxyl groups is 2. The van der Waals surface area contributed by atoms with Gasteiger partial charge in [0, 0.05) is 18.2 Å². The molecule has 1 aromatic carbocycles. The average Bonchev–Trinajstić information content (AvgIpc) is 2.22. The molecular weight excluding hydrogens is 206 g/mol. The molecule has 0 heterocycles. The van der Waals surface area contributed by atoms with Crippen LogP contribution in [0.5, 0.6) is 11.5 Å². The summed E-state index contributed by atoms with van der Waals surface area (Å²) in [6.45, 7) is 2.44. The first kappa shape index (κ1) is 12.1. The van der Waals surface area contributed by atoms with Gasteiger partial charge in [0.2, 0.25) is 0 Å². The van der Waals surface area contributed by atoms with Crippen LogP contribution in [0.25, 0.3) is 0 Å². The maximum atomic E-state index is 11.6. The minimum atomic E-state index is -0.310. The SMILES string of the molecule is C/C=C/CCNC(=O)c1cc(O)cc(O)c1. The zero-order valence-electron chi connectivity index (χ0n) is 9.10. The van der Waals surface area contributed by atoms with E-state index < -0.39 is 0 Å². The van der Waals surface area contributed by atoms with E-state index in [2.05, 4.69) is 5.32 Å². The van der Waals surface area contributed by atoms with E-state index in [4.69, 9.17) is 0 Å². The van der Waals surface area contributed by atoms with Gasteiger partial charge >= 0.3 is 0 Å². The van der Waals surface area contributed by atoms with Gasteiger partial charge in [0.05, 0.1) is 0 Å². The van der Waals surface area contributed by atoms with Crippen LogP contribution < -0.4 is 5.32 Å². The highest BCUT2D eigenvalue weighted by Gasteiger charge is 2.07. The topological polar surface area (TPSA) is 69.6 Å². The van der Waals surface area contributed by atoms with Crippen LogP contribution in [-0.4, -0.2) is 22.7 Å². The Hall–Kier alpha value is -1.97. The first-order chi connectivity index (χ1) is 7.63. The highest BCUT2D eigenvalue weighted by molar-refractivity contribution is 5.95. The van der Waals surface area contributed by atoms with E-state index in [1.165, 1.54) is 18.2 Å². The van der Waals surface area contributed by atoms with Gasteiger partial charge in [-0.15, -0.1) is 0 Å². The Kier molecular flexibility index (Phi) is 4.39. The second-order valence-electron chi connectivity index (χ2n) is 3.35. The average molecular weight is 221 g/mol. The molecule has 1 rings (SSSR count). The highest BCUT2D eigenvalue weighted by Crippen LogP contribution is 2.20. The van der Waals surface area contributed by atoms with Crippen molar-refractivity contribution >= 4 is 5.91 Å². The monoisotopic (exact) mass is 221 g/mol. The first-order valence-electron chi connectivity index (χ1n) is 5.06. The molecule has 86 valence electrons. The quantitative estimate of drug-likeness (QED) is 0.536. The second kappa shape index (κ2) is 5.80. The Morgan fingerprint density at radius 2 is 1.94 bits per heavy atom. The summed E-state index contributed by atoms with van der Waals surface area (Å²) in [4.78, 5) is 11.6. The highest BCUT2D eigenvalue weighted by atomic mass is 16.3. The molecule has 0 fully saturated rings. The maximum Gasteiger partial charge on any atom is 0.251 e. The fourth-order valence-electron chi connectivity index (χ4n) is 1.26. The van der Waals surface area contributed by atoms with Gasteiger partial charge in [-0.3, -0.25) is 4.79 Å². The molecular formula is C12H15NO3. The molecule has 4 nitrogen and oxygen atoms in total. The Bertz CT molecular complexity index is 379. The van der Waals surface area contributed by atoms with E-state index >= 15 is 0 Å². The third-order valence-electron chi connectivity index (χ3n) is 2.00. The molecule has 0 aliphatic heterocycles. The smallest absolute Gasteiger partial charge is 0.251 e. The predicted octanol–water partition coefficient (Wildman–Crippen LogP) is 1.79. The molecule has 0 atom stereocenters. The summed E-state index contributed by atoms with van der Waals surface area (Å²) in [5.74, 6) is -0.562. The number of amides is 1. The number of nitrogens with one attached hydrogen (secondary N) is 1. The lowest BCUT2D eigenvalue weighted by Crippen LogP contribution is -2.23. The van der Waals surface area contributed by atoms with Crippen LogP contribution in [0, 0.1) is 0 Å². The third-order valence-corrected chi connectivity index (χ3v) is 2.00. The minimum Gasteiger partial charge on any atom is -0.508 e. The fourth-order valence-corrected chi connectivity index (χ4v) is 1.26. The van der Waals surface area contributed by atoms with Crippen molar-refractivity contribution in [3.63, 3.8) is 0 Å². The van der Waals surface area contributed by atoms with Crippen LogP contribution in [0.4, 0.5) is 0 Å². The number of rotatable bonds is 4. The van der Waals surface area contributed by atoms with Crippen molar-refractivity contribution in [2.24, 2.45) is 0 Å². The molecule has 16 heavy (non-hydrogen) atoms. The molecule has 0 bridgehead atoms. The van der Waals surface area contributed by atoms with Crippen molar-refractivity contribution in [3.8, 4) is 11.5 Å². The number of hydrogen-bond donors (Lipinski definition) is 3. The largest absolute Gasteiger partial charge is 0.508 e. The number of phenolic OH excluding ortho intramolecular Hbond substituents is 2. The van der Waals surface area contributed by atoms with E-state index in [-0.39, 0.29) is 23.0 Å². The lowest BCUT2D eigenvalue weighted by atomic mass is 10.2. The summed E-state index contributed by atoms with van der Waals surface area (Å²) in [5.41, 5.74) is 0.248. The van der Waals surface area contributed by atoms with Crippen molar-refractivity contribution < 1.29 is 15.0 Å². The molecule has 0 saturated heterocycles. The number of carbonyl (C=O) groups is 1. The van der Waals surface area contributed by atoms with E-state index in [1.807, 2.05) is 19.1 Å². The first-order valence-corrected chi connectivity index (χ1v) is 5.06. The molecule has 0 saturated carbocycles. The van der Waals surface area contributed by atoms with Gasteiger partial charge in [0.1, 0.15) is 11.5 Å². The zero-order chi connectivity index (χ0) is 12.0. The molecule has 0 aromatic heterocycles. The minimum absolute atomic E-state index is 0.126. The number of phenols is 2. The summed E-state index contributed by atoms with van der Waals surface area (Å²) in [5, 5.41) is 21.1. The Balaban J connectivity index is 2.59. The number of hydrogen-bond acceptors (Lipinski definition) is 3. The van der Waals surface area contributed by atoms with Gasteiger partial charge in [-0.25, -0.2) is 0 Å². The van der Waals surface area contributed by atoms with Gasteiger partial charge in [-0.2, -0.15) is 0 Å². The molecule has 0 aliphatic carbocycles. The molecule has 4 heteroatoms. The van der Waals surface area contributed by atoms with Gasteiger partial charge in [-0.1, -0.05) is 12.2 Å². The standard InChI is InChI=1S/C12H15NO3/c1-2-3-4-5-13-12(16)9-6-10(14)8-11(15)7-9/h2-3,6-8,14-15H,4-5H2,1H3,(H,13,16)/b3-2+. The Labute approximate surface area is 94.2 Å². The van der Waals surface area contributed by atoms with Crippen LogP contribution in [-0.2, 0) is 0 Å². The van der Waals surface area contributed by atoms with E-state index in [1.54, 1.807) is 0 Å². The third kappa shape index (κ3) is 3.65. The molecule has 0 unspecified atom stereocenters. The number of carbonyl (C=O) groups excluding carboxylic acids is 1. The summed E-state index contributed by atoms with van der Waals surface area (Å²) in [7, 11) is 0. The summed E-state index contributed by atoms with van der Waals surface area (Å²) in [6.07, 6.45) is 4.61. The van der Waals surface area contributed by atoms with Gasteiger partial charge < -0.3 is 15.5 Å². The van der Waals surface area contributed by atoms with Crippen LogP contribution in [0.2, 0.25) is 0 Å². The molecule has 0 aliphatic rings. The van der Waals surface area contributed by atoms with Crippen molar-refractivity contribution in [2.75, 3.05) is 6.54 Å². The summed E-state index contributed by atoms with van der Waals surface area (Å²) < 4.78 is 0. The molecule has 3 N–H and O–H groups in total. The summed E-state index contributed by atoms with van der Waals surface area (Å²) >= 11 is 0. The zero-order valence-corrected chi connectivity index (χ0v) is 9.10. The lowest BCUT2D eigenvalue weighted by molar-refractivity contribution is 0.0953. The molecule has 0 spiro atoms. The Morgan fingerprint density at radius 3 is 2.50 bits per heavy atom. The van der Waals surface area contributed by atoms with Crippen molar-refractivity contribution in [2.45, 2.75) is 13.3 Å². The number of allylic oxidation sites excluding steroid dienone is 1. The maximum absolute atomic E-state index is 11.6. The molecule has 1 amide bonds. The van der Waals surface area contributed by atoms with Crippen molar-refractivity contribution in [1.82, 2.24) is 5.32 Å². The van der Waals surface area contributed by atoms with Crippen LogP contribution in [0.3, 0.4) is 0 Å². The van der Waals surface area contributed by atoms with Crippen LogP contribution >= 0.6 is 0 Å². The second-order valence-corrected chi connectivity index (χ2v) is 3.35. The summed E-state index contributed by atoms with van der Waals surface area (Å²) in [6, 6.07) is 3.80. The van der Waals surface area contributed by atoms with E-state index in [0.29, 0.717) is 6.54 Å². The fraction of sp³-hybridized carbons (Fsp3) is 0.250. The Morgan fingerprint density at radius 1 is 1.31 bits per heavy atom. The van der Waals surface area contributed by atoms with Gasteiger partial charge in [0.15, 0.2) is 0 Å². The van der Waals surface area contributed by atoms with E-state index in [0.717, 1.165) is 6.42 Å². The lowest BCUT2D eigenvalue weighted by Gasteiger charge is -2.04. The predicted molar refractivity (Wildman–Crippen MR) is 61.5 cm³/mol. The molecule has 1 aromatic rings. The van der Waals surface area contributed by atoms with Crippen LogP contribution in [0.1, 0.15) is 23.7 Å².